The standard InChI is InChI=1S/C16H23N7O/c1-10-14(16(24)21-23(10)3)20-19-12-8-11(9-18-15(12)17)13-6-4-5-7-22(13)2/h8-9,13H,4-7H2,1-3H3,(H2,17,18)(H,21,24). The van der Waals surface area contributed by atoms with Crippen LogP contribution in [0.2, 0.25) is 0 Å². The van der Waals surface area contributed by atoms with Gasteiger partial charge in [-0.2, -0.15) is 0 Å². The number of nitrogens with zero attached hydrogens (tertiary/aromatic N) is 5. The van der Waals surface area contributed by atoms with E-state index >= 15 is 0 Å². The zero-order valence-electron chi connectivity index (χ0n) is 14.3. The van der Waals surface area contributed by atoms with Crippen LogP contribution in [0.3, 0.4) is 0 Å². The number of aromatic amines is 1. The van der Waals surface area contributed by atoms with Gasteiger partial charge in [-0.3, -0.25) is 19.5 Å². The number of piperidine rings is 1. The van der Waals surface area contributed by atoms with Gasteiger partial charge >= 0.3 is 0 Å². The molecule has 1 saturated heterocycles. The van der Waals surface area contributed by atoms with Gasteiger partial charge in [0.05, 0.1) is 5.69 Å². The molecule has 128 valence electrons. The van der Waals surface area contributed by atoms with E-state index in [1.54, 1.807) is 24.9 Å². The predicted molar refractivity (Wildman–Crippen MR) is 92.8 cm³/mol. The van der Waals surface area contributed by atoms with Crippen molar-refractivity contribution in [2.24, 2.45) is 17.3 Å². The Morgan fingerprint density at radius 1 is 1.33 bits per heavy atom. The summed E-state index contributed by atoms with van der Waals surface area (Å²) >= 11 is 0. The minimum atomic E-state index is -0.270. The summed E-state index contributed by atoms with van der Waals surface area (Å²) in [5.74, 6) is 0.311. The summed E-state index contributed by atoms with van der Waals surface area (Å²) in [6.07, 6.45) is 5.32. The Kier molecular flexibility index (Phi) is 4.48. The average Bonchev–Trinajstić information content (AvgIpc) is 2.80. The Labute approximate surface area is 140 Å². The van der Waals surface area contributed by atoms with Gasteiger partial charge in [-0.1, -0.05) is 6.42 Å². The van der Waals surface area contributed by atoms with E-state index in [-0.39, 0.29) is 11.2 Å². The fourth-order valence-electron chi connectivity index (χ4n) is 3.07. The van der Waals surface area contributed by atoms with Crippen LogP contribution in [0.5, 0.6) is 0 Å². The third kappa shape index (κ3) is 3.09. The summed E-state index contributed by atoms with van der Waals surface area (Å²) in [5, 5.41) is 10.9. The van der Waals surface area contributed by atoms with Gasteiger partial charge in [0.1, 0.15) is 5.69 Å². The third-order valence-corrected chi connectivity index (χ3v) is 4.66. The average molecular weight is 329 g/mol. The number of hydrogen-bond acceptors (Lipinski definition) is 6. The van der Waals surface area contributed by atoms with Crippen LogP contribution < -0.4 is 11.3 Å². The molecule has 2 aromatic heterocycles. The number of pyridine rings is 1. The minimum absolute atomic E-state index is 0.270. The van der Waals surface area contributed by atoms with Crippen LogP contribution >= 0.6 is 0 Å². The molecule has 3 heterocycles. The molecule has 0 radical (unpaired) electrons. The van der Waals surface area contributed by atoms with Gasteiger partial charge in [-0.05, 0) is 45.0 Å². The number of azo groups is 1. The second-order valence-electron chi connectivity index (χ2n) is 6.30. The van der Waals surface area contributed by atoms with Crippen LogP contribution in [0.15, 0.2) is 27.3 Å². The molecule has 2 aromatic rings. The van der Waals surface area contributed by atoms with Crippen LogP contribution in [0, 0.1) is 6.92 Å². The molecule has 0 aliphatic carbocycles. The van der Waals surface area contributed by atoms with Crippen molar-refractivity contribution >= 4 is 17.2 Å². The highest BCUT2D eigenvalue weighted by Gasteiger charge is 2.21. The highest BCUT2D eigenvalue weighted by atomic mass is 16.1. The van der Waals surface area contributed by atoms with Gasteiger partial charge in [0.15, 0.2) is 11.5 Å². The lowest BCUT2D eigenvalue weighted by Gasteiger charge is -2.32. The van der Waals surface area contributed by atoms with Gasteiger partial charge in [0.2, 0.25) is 0 Å². The molecular formula is C16H23N7O. The van der Waals surface area contributed by atoms with Crippen molar-refractivity contribution in [2.75, 3.05) is 19.3 Å². The molecular weight excluding hydrogens is 306 g/mol. The lowest BCUT2D eigenvalue weighted by Crippen LogP contribution is -2.29. The monoisotopic (exact) mass is 329 g/mol. The number of likely N-dealkylation sites (tertiary alicyclic amines) is 1. The molecule has 3 N–H and O–H groups in total. The maximum atomic E-state index is 11.8. The van der Waals surface area contributed by atoms with Gasteiger partial charge in [0.25, 0.3) is 5.56 Å². The first-order valence-electron chi connectivity index (χ1n) is 8.10. The summed E-state index contributed by atoms with van der Waals surface area (Å²) in [5.41, 5.74) is 8.25. The van der Waals surface area contributed by atoms with Crippen molar-refractivity contribution in [1.82, 2.24) is 19.7 Å². The first kappa shape index (κ1) is 16.4. The van der Waals surface area contributed by atoms with E-state index in [4.69, 9.17) is 5.73 Å². The lowest BCUT2D eigenvalue weighted by molar-refractivity contribution is 0.187. The van der Waals surface area contributed by atoms with Crippen LogP contribution in [0.25, 0.3) is 0 Å². The Bertz CT molecular complexity index is 820. The first-order valence-corrected chi connectivity index (χ1v) is 8.10. The molecule has 8 nitrogen and oxygen atoms in total. The molecule has 1 aliphatic heterocycles. The predicted octanol–water partition coefficient (Wildman–Crippen LogP) is 2.57. The fraction of sp³-hybridized carbons (Fsp3) is 0.500. The van der Waals surface area contributed by atoms with Crippen molar-refractivity contribution in [3.63, 3.8) is 0 Å². The highest BCUT2D eigenvalue weighted by Crippen LogP contribution is 2.33. The van der Waals surface area contributed by atoms with Crippen molar-refractivity contribution in [3.8, 4) is 0 Å². The zero-order valence-corrected chi connectivity index (χ0v) is 14.3. The normalized spacial score (nSPS) is 19.2. The van der Waals surface area contributed by atoms with Crippen molar-refractivity contribution < 1.29 is 0 Å². The van der Waals surface area contributed by atoms with Gasteiger partial charge < -0.3 is 5.73 Å². The quantitative estimate of drug-likeness (QED) is 0.844. The van der Waals surface area contributed by atoms with E-state index in [2.05, 4.69) is 32.3 Å². The summed E-state index contributed by atoms with van der Waals surface area (Å²) in [4.78, 5) is 18.4. The molecule has 0 bridgehead atoms. The Hall–Kier alpha value is -2.48. The third-order valence-electron chi connectivity index (χ3n) is 4.66. The van der Waals surface area contributed by atoms with E-state index in [1.165, 1.54) is 12.8 Å². The van der Waals surface area contributed by atoms with Gasteiger partial charge in [-0.15, -0.1) is 10.2 Å². The molecule has 0 aromatic carbocycles. The fourth-order valence-corrected chi connectivity index (χ4v) is 3.07. The van der Waals surface area contributed by atoms with Crippen LogP contribution in [-0.4, -0.2) is 33.3 Å². The number of nitrogen functional groups attached to an aromatic ring is 1. The summed E-state index contributed by atoms with van der Waals surface area (Å²) in [7, 11) is 3.87. The molecule has 3 rings (SSSR count). The number of aromatic nitrogens is 3. The van der Waals surface area contributed by atoms with Crippen molar-refractivity contribution in [1.29, 1.82) is 0 Å². The minimum Gasteiger partial charge on any atom is -0.382 e. The second kappa shape index (κ2) is 6.56. The highest BCUT2D eigenvalue weighted by molar-refractivity contribution is 5.58. The maximum absolute atomic E-state index is 11.8. The number of nitrogens with two attached hydrogens (primary N) is 1. The second-order valence-corrected chi connectivity index (χ2v) is 6.30. The molecule has 8 heteroatoms. The topological polar surface area (TPSA) is 105 Å². The molecule has 1 atom stereocenters. The maximum Gasteiger partial charge on any atom is 0.292 e. The molecule has 1 fully saturated rings. The van der Waals surface area contributed by atoms with E-state index in [9.17, 15) is 4.79 Å². The Morgan fingerprint density at radius 2 is 2.12 bits per heavy atom. The number of nitrogens with one attached hydrogen (secondary N) is 1. The lowest BCUT2D eigenvalue weighted by atomic mass is 9.97. The first-order chi connectivity index (χ1) is 11.5. The van der Waals surface area contributed by atoms with Gasteiger partial charge in [0, 0.05) is 19.3 Å². The number of hydrogen-bond donors (Lipinski definition) is 2. The molecule has 1 aliphatic rings. The molecule has 0 spiro atoms. The number of aryl methyl sites for hydroxylation is 1. The largest absolute Gasteiger partial charge is 0.382 e. The number of H-pyrrole nitrogens is 1. The Morgan fingerprint density at radius 3 is 2.79 bits per heavy atom. The number of rotatable bonds is 3. The molecule has 0 amide bonds. The van der Waals surface area contributed by atoms with Crippen LogP contribution in [0.4, 0.5) is 17.2 Å². The molecule has 24 heavy (non-hydrogen) atoms. The van der Waals surface area contributed by atoms with E-state index in [0.717, 1.165) is 24.2 Å². The SMILES string of the molecule is Cc1c(N=Nc2cc(C3CCCCN3C)cnc2N)c(=O)[nH]n1C. The van der Waals surface area contributed by atoms with E-state index < -0.39 is 0 Å². The summed E-state index contributed by atoms with van der Waals surface area (Å²) < 4.78 is 1.62. The zero-order chi connectivity index (χ0) is 17.3. The summed E-state index contributed by atoms with van der Waals surface area (Å²) in [6.45, 7) is 2.88. The van der Waals surface area contributed by atoms with Crippen molar-refractivity contribution in [2.45, 2.75) is 32.2 Å². The smallest absolute Gasteiger partial charge is 0.292 e. The summed E-state index contributed by atoms with van der Waals surface area (Å²) in [6, 6.07) is 2.24. The molecule has 1 unspecified atom stereocenters. The van der Waals surface area contributed by atoms with Crippen LogP contribution in [0.1, 0.15) is 36.6 Å². The van der Waals surface area contributed by atoms with Gasteiger partial charge in [-0.25, -0.2) is 4.98 Å². The Balaban J connectivity index is 1.92. The van der Waals surface area contributed by atoms with Crippen LogP contribution in [-0.2, 0) is 7.05 Å². The van der Waals surface area contributed by atoms with E-state index in [1.807, 2.05) is 6.07 Å². The number of anilines is 1. The molecule has 0 saturated carbocycles. The van der Waals surface area contributed by atoms with Crippen molar-refractivity contribution in [3.05, 3.63) is 33.9 Å². The van der Waals surface area contributed by atoms with E-state index in [0.29, 0.717) is 17.5 Å².